The van der Waals surface area contributed by atoms with Crippen molar-refractivity contribution in [2.75, 3.05) is 0 Å². The van der Waals surface area contributed by atoms with E-state index in [2.05, 4.69) is 27.5 Å². The summed E-state index contributed by atoms with van der Waals surface area (Å²) in [5.74, 6) is -0.221. The normalized spacial score (nSPS) is 18.9. The molecule has 1 aliphatic rings. The van der Waals surface area contributed by atoms with Gasteiger partial charge in [0.1, 0.15) is 5.69 Å². The molecule has 1 saturated carbocycles. The van der Waals surface area contributed by atoms with Crippen LogP contribution in [0.1, 0.15) is 46.4 Å². The third-order valence-electron chi connectivity index (χ3n) is 5.34. The van der Waals surface area contributed by atoms with Gasteiger partial charge < -0.3 is 10.4 Å². The SMILES string of the molecule is Cc1cnc(C(=O)NC2CCCC2O)cc1Cc1ccc(-n2cccn2)cc1. The van der Waals surface area contributed by atoms with Crippen molar-refractivity contribution in [2.24, 2.45) is 0 Å². The van der Waals surface area contributed by atoms with Gasteiger partial charge in [0, 0.05) is 18.6 Å². The Hall–Kier alpha value is -2.99. The molecular formula is C22H24N4O2. The molecule has 2 heterocycles. The fraction of sp³-hybridized carbons (Fsp3) is 0.318. The van der Waals surface area contributed by atoms with Crippen LogP contribution in [-0.2, 0) is 6.42 Å². The molecule has 1 amide bonds. The van der Waals surface area contributed by atoms with Crippen molar-refractivity contribution in [1.29, 1.82) is 0 Å². The second kappa shape index (κ2) is 7.94. The summed E-state index contributed by atoms with van der Waals surface area (Å²) >= 11 is 0. The molecule has 1 aliphatic carbocycles. The minimum absolute atomic E-state index is 0.172. The number of hydrogen-bond acceptors (Lipinski definition) is 4. The fourth-order valence-corrected chi connectivity index (χ4v) is 3.64. The molecule has 1 aromatic carbocycles. The van der Waals surface area contributed by atoms with Gasteiger partial charge in [-0.15, -0.1) is 0 Å². The highest BCUT2D eigenvalue weighted by Crippen LogP contribution is 2.20. The van der Waals surface area contributed by atoms with E-state index in [-0.39, 0.29) is 11.9 Å². The van der Waals surface area contributed by atoms with E-state index in [1.807, 2.05) is 42.1 Å². The van der Waals surface area contributed by atoms with Crippen LogP contribution in [0.2, 0.25) is 0 Å². The molecule has 3 aromatic rings. The van der Waals surface area contributed by atoms with Gasteiger partial charge in [0.15, 0.2) is 0 Å². The first-order valence-electron chi connectivity index (χ1n) is 9.63. The van der Waals surface area contributed by atoms with Crippen LogP contribution in [0.4, 0.5) is 0 Å². The lowest BCUT2D eigenvalue weighted by molar-refractivity contribution is 0.0868. The van der Waals surface area contributed by atoms with Gasteiger partial charge in [-0.1, -0.05) is 12.1 Å². The monoisotopic (exact) mass is 376 g/mol. The van der Waals surface area contributed by atoms with E-state index in [1.54, 1.807) is 12.4 Å². The van der Waals surface area contributed by atoms with Crippen LogP contribution in [0.5, 0.6) is 0 Å². The number of aryl methyl sites for hydroxylation is 1. The standard InChI is InChI=1S/C22H24N4O2/c1-15-14-23-20(22(28)25-19-4-2-5-21(19)27)13-17(15)12-16-6-8-18(9-7-16)26-11-3-10-24-26/h3,6-11,13-14,19,21,27H,2,4-5,12H2,1H3,(H,25,28). The lowest BCUT2D eigenvalue weighted by Gasteiger charge is -2.16. The number of amides is 1. The molecule has 4 rings (SSSR count). The molecule has 2 atom stereocenters. The second-order valence-corrected chi connectivity index (χ2v) is 7.37. The number of rotatable bonds is 5. The van der Waals surface area contributed by atoms with Gasteiger partial charge in [-0.05, 0) is 73.6 Å². The first-order chi connectivity index (χ1) is 13.6. The molecule has 1 fully saturated rings. The summed E-state index contributed by atoms with van der Waals surface area (Å²) in [5, 5.41) is 17.1. The van der Waals surface area contributed by atoms with Gasteiger partial charge >= 0.3 is 0 Å². The predicted molar refractivity (Wildman–Crippen MR) is 106 cm³/mol. The smallest absolute Gasteiger partial charge is 0.270 e. The van der Waals surface area contributed by atoms with Crippen LogP contribution in [0.15, 0.2) is 55.0 Å². The summed E-state index contributed by atoms with van der Waals surface area (Å²) in [7, 11) is 0. The van der Waals surface area contributed by atoms with Crippen molar-refractivity contribution >= 4 is 5.91 Å². The maximum atomic E-state index is 12.5. The van der Waals surface area contributed by atoms with Crippen LogP contribution in [0, 0.1) is 6.92 Å². The number of aromatic nitrogens is 3. The Morgan fingerprint density at radius 1 is 1.29 bits per heavy atom. The number of pyridine rings is 1. The Balaban J connectivity index is 1.48. The van der Waals surface area contributed by atoms with Gasteiger partial charge in [0.25, 0.3) is 5.91 Å². The zero-order valence-corrected chi connectivity index (χ0v) is 15.9. The molecular weight excluding hydrogens is 352 g/mol. The van der Waals surface area contributed by atoms with Crippen molar-refractivity contribution < 1.29 is 9.90 Å². The lowest BCUT2D eigenvalue weighted by atomic mass is 10.0. The Kier molecular flexibility index (Phi) is 5.21. The predicted octanol–water partition coefficient (Wildman–Crippen LogP) is 2.81. The molecule has 2 aromatic heterocycles. The van der Waals surface area contributed by atoms with E-state index >= 15 is 0 Å². The minimum atomic E-state index is -0.456. The Morgan fingerprint density at radius 2 is 2.11 bits per heavy atom. The van der Waals surface area contributed by atoms with Crippen LogP contribution in [0.3, 0.4) is 0 Å². The summed E-state index contributed by atoms with van der Waals surface area (Å²) in [6.07, 6.45) is 8.17. The Labute approximate surface area is 164 Å². The maximum absolute atomic E-state index is 12.5. The number of hydrogen-bond donors (Lipinski definition) is 2. The van der Waals surface area contributed by atoms with E-state index in [1.165, 1.54) is 0 Å². The first-order valence-corrected chi connectivity index (χ1v) is 9.63. The molecule has 0 aliphatic heterocycles. The zero-order chi connectivity index (χ0) is 19.5. The van der Waals surface area contributed by atoms with Gasteiger partial charge in [-0.3, -0.25) is 9.78 Å². The number of nitrogens with one attached hydrogen (secondary N) is 1. The minimum Gasteiger partial charge on any atom is -0.391 e. The van der Waals surface area contributed by atoms with Gasteiger partial charge in [0.2, 0.25) is 0 Å². The topological polar surface area (TPSA) is 80.0 Å². The van der Waals surface area contributed by atoms with E-state index in [4.69, 9.17) is 0 Å². The Bertz CT molecular complexity index is 951. The quantitative estimate of drug-likeness (QED) is 0.718. The molecule has 2 N–H and O–H groups in total. The average molecular weight is 376 g/mol. The van der Waals surface area contributed by atoms with Gasteiger partial charge in [-0.25, -0.2) is 4.68 Å². The molecule has 28 heavy (non-hydrogen) atoms. The third-order valence-corrected chi connectivity index (χ3v) is 5.34. The average Bonchev–Trinajstić information content (AvgIpc) is 3.37. The van der Waals surface area contributed by atoms with Gasteiger partial charge in [-0.2, -0.15) is 5.10 Å². The highest BCUT2D eigenvalue weighted by Gasteiger charge is 2.27. The number of carbonyl (C=O) groups is 1. The number of benzene rings is 1. The van der Waals surface area contributed by atoms with Crippen LogP contribution < -0.4 is 5.32 Å². The second-order valence-electron chi connectivity index (χ2n) is 7.37. The molecule has 0 bridgehead atoms. The first kappa shape index (κ1) is 18.4. The largest absolute Gasteiger partial charge is 0.391 e. The molecule has 2 unspecified atom stereocenters. The van der Waals surface area contributed by atoms with Crippen molar-refractivity contribution in [2.45, 2.75) is 44.8 Å². The van der Waals surface area contributed by atoms with E-state index in [9.17, 15) is 9.90 Å². The highest BCUT2D eigenvalue weighted by atomic mass is 16.3. The summed E-state index contributed by atoms with van der Waals surface area (Å²) in [5.41, 5.74) is 4.68. The maximum Gasteiger partial charge on any atom is 0.270 e. The zero-order valence-electron chi connectivity index (χ0n) is 15.9. The lowest BCUT2D eigenvalue weighted by Crippen LogP contribution is -2.40. The van der Waals surface area contributed by atoms with E-state index in [0.717, 1.165) is 48.1 Å². The van der Waals surface area contributed by atoms with Crippen LogP contribution in [-0.4, -0.2) is 37.9 Å². The van der Waals surface area contributed by atoms with Crippen molar-refractivity contribution in [3.63, 3.8) is 0 Å². The number of aliphatic hydroxyl groups excluding tert-OH is 1. The number of aliphatic hydroxyl groups is 1. The fourth-order valence-electron chi connectivity index (χ4n) is 3.64. The highest BCUT2D eigenvalue weighted by molar-refractivity contribution is 5.92. The summed E-state index contributed by atoms with van der Waals surface area (Å²) in [4.78, 5) is 16.8. The number of carbonyl (C=O) groups excluding carboxylic acids is 1. The van der Waals surface area contributed by atoms with Crippen LogP contribution in [0.25, 0.3) is 5.69 Å². The summed E-state index contributed by atoms with van der Waals surface area (Å²) in [6, 6.07) is 11.8. The van der Waals surface area contributed by atoms with Crippen molar-refractivity contribution in [3.05, 3.63) is 77.4 Å². The molecule has 6 nitrogen and oxygen atoms in total. The molecule has 0 radical (unpaired) electrons. The van der Waals surface area contributed by atoms with Crippen molar-refractivity contribution in [1.82, 2.24) is 20.1 Å². The van der Waals surface area contributed by atoms with E-state index < -0.39 is 6.10 Å². The number of nitrogens with zero attached hydrogens (tertiary/aromatic N) is 3. The molecule has 0 spiro atoms. The van der Waals surface area contributed by atoms with Crippen LogP contribution >= 0.6 is 0 Å². The van der Waals surface area contributed by atoms with Gasteiger partial charge in [0.05, 0.1) is 17.8 Å². The summed E-state index contributed by atoms with van der Waals surface area (Å²) in [6.45, 7) is 2.00. The van der Waals surface area contributed by atoms with Crippen molar-refractivity contribution in [3.8, 4) is 5.69 Å². The van der Waals surface area contributed by atoms with E-state index in [0.29, 0.717) is 5.69 Å². The molecule has 144 valence electrons. The molecule has 6 heteroatoms. The Morgan fingerprint density at radius 3 is 2.79 bits per heavy atom. The molecule has 0 saturated heterocycles. The third kappa shape index (κ3) is 3.97. The summed E-state index contributed by atoms with van der Waals surface area (Å²) < 4.78 is 1.82.